The summed E-state index contributed by atoms with van der Waals surface area (Å²) in [6.07, 6.45) is 5.36. The fourth-order valence-corrected chi connectivity index (χ4v) is 2.87. The lowest BCUT2D eigenvalue weighted by molar-refractivity contribution is 0.0906. The van der Waals surface area contributed by atoms with E-state index >= 15 is 0 Å². The van der Waals surface area contributed by atoms with Crippen LogP contribution in [0.1, 0.15) is 41.8 Å². The van der Waals surface area contributed by atoms with Gasteiger partial charge in [0, 0.05) is 12.1 Å². The Morgan fingerprint density at radius 2 is 2.08 bits per heavy atom. The van der Waals surface area contributed by atoms with Gasteiger partial charge in [0.1, 0.15) is 18.6 Å². The second kappa shape index (κ2) is 7.88. The topological polar surface area (TPSA) is 77.8 Å². The van der Waals surface area contributed by atoms with Crippen LogP contribution in [0, 0.1) is 0 Å². The summed E-state index contributed by atoms with van der Waals surface area (Å²) in [5.74, 6) is 0.432. The summed E-state index contributed by atoms with van der Waals surface area (Å²) in [5, 5.41) is 2.89. The van der Waals surface area contributed by atoms with Gasteiger partial charge in [0.15, 0.2) is 5.76 Å². The molecule has 0 saturated heterocycles. The Balaban J connectivity index is 1.63. The van der Waals surface area contributed by atoms with Crippen LogP contribution in [0.25, 0.3) is 0 Å². The van der Waals surface area contributed by atoms with Crippen molar-refractivity contribution >= 4 is 5.91 Å². The molecule has 0 radical (unpaired) electrons. The molecule has 0 spiro atoms. The number of benzene rings is 1. The van der Waals surface area contributed by atoms with Crippen LogP contribution in [0.2, 0.25) is 0 Å². The molecule has 1 saturated carbocycles. The molecule has 6 heteroatoms. The first-order chi connectivity index (χ1) is 12.2. The largest absolute Gasteiger partial charge is 0.497 e. The molecule has 1 fully saturated rings. The van der Waals surface area contributed by atoms with Gasteiger partial charge in [0.2, 0.25) is 11.2 Å². The summed E-state index contributed by atoms with van der Waals surface area (Å²) in [6.45, 7) is 0.204. The predicted molar refractivity (Wildman–Crippen MR) is 92.0 cm³/mol. The maximum atomic E-state index is 12.1. The molecule has 0 unspecified atom stereocenters. The van der Waals surface area contributed by atoms with Gasteiger partial charge in [-0.05, 0) is 30.5 Å². The highest BCUT2D eigenvalue weighted by atomic mass is 16.5. The molecule has 1 aliphatic carbocycles. The van der Waals surface area contributed by atoms with Crippen LogP contribution in [0.5, 0.6) is 11.5 Å². The number of rotatable bonds is 6. The van der Waals surface area contributed by atoms with Crippen LogP contribution in [0.4, 0.5) is 0 Å². The van der Waals surface area contributed by atoms with Crippen LogP contribution in [-0.2, 0) is 6.61 Å². The van der Waals surface area contributed by atoms with E-state index in [0.717, 1.165) is 31.2 Å². The fourth-order valence-electron chi connectivity index (χ4n) is 2.87. The molecule has 1 heterocycles. The smallest absolute Gasteiger partial charge is 0.287 e. The third kappa shape index (κ3) is 4.41. The van der Waals surface area contributed by atoms with Crippen molar-refractivity contribution < 1.29 is 18.7 Å². The number of carbonyl (C=O) groups excluding carboxylic acids is 1. The first-order valence-electron chi connectivity index (χ1n) is 8.35. The molecule has 1 amide bonds. The molecule has 1 aliphatic rings. The molecule has 25 heavy (non-hydrogen) atoms. The van der Waals surface area contributed by atoms with E-state index in [9.17, 15) is 9.59 Å². The Kier molecular flexibility index (Phi) is 5.38. The fraction of sp³-hybridized carbons (Fsp3) is 0.368. The maximum absolute atomic E-state index is 12.1. The molecule has 0 bridgehead atoms. The minimum Gasteiger partial charge on any atom is -0.497 e. The summed E-state index contributed by atoms with van der Waals surface area (Å²) >= 11 is 0. The third-order valence-electron chi connectivity index (χ3n) is 4.24. The van der Waals surface area contributed by atoms with Crippen molar-refractivity contribution in [3.05, 3.63) is 58.1 Å². The van der Waals surface area contributed by atoms with Gasteiger partial charge in [-0.3, -0.25) is 9.59 Å². The number of carbonyl (C=O) groups is 1. The van der Waals surface area contributed by atoms with Crippen molar-refractivity contribution in [2.24, 2.45) is 0 Å². The summed E-state index contributed by atoms with van der Waals surface area (Å²) in [6, 6.07) is 8.71. The molecule has 1 N–H and O–H groups in total. The zero-order chi connectivity index (χ0) is 17.6. The number of hydrogen-bond donors (Lipinski definition) is 1. The van der Waals surface area contributed by atoms with E-state index < -0.39 is 0 Å². The Labute approximate surface area is 145 Å². The van der Waals surface area contributed by atoms with E-state index in [2.05, 4.69) is 5.32 Å². The lowest BCUT2D eigenvalue weighted by Crippen LogP contribution is -2.33. The van der Waals surface area contributed by atoms with Gasteiger partial charge in [0.25, 0.3) is 5.91 Å². The van der Waals surface area contributed by atoms with Gasteiger partial charge in [0.05, 0.1) is 7.11 Å². The molecule has 3 rings (SSSR count). The van der Waals surface area contributed by atoms with Gasteiger partial charge in [-0.1, -0.05) is 25.0 Å². The second-order valence-corrected chi connectivity index (χ2v) is 6.07. The van der Waals surface area contributed by atoms with Gasteiger partial charge in [-0.15, -0.1) is 0 Å². The van der Waals surface area contributed by atoms with Crippen LogP contribution in [0.3, 0.4) is 0 Å². The number of amides is 1. The lowest BCUT2D eigenvalue weighted by Gasteiger charge is -2.11. The Bertz CT molecular complexity index is 792. The van der Waals surface area contributed by atoms with Gasteiger partial charge in [-0.25, -0.2) is 0 Å². The first-order valence-corrected chi connectivity index (χ1v) is 8.35. The Morgan fingerprint density at radius 3 is 2.80 bits per heavy atom. The van der Waals surface area contributed by atoms with Crippen LogP contribution in [-0.4, -0.2) is 19.1 Å². The van der Waals surface area contributed by atoms with Gasteiger partial charge in [-0.2, -0.15) is 0 Å². The van der Waals surface area contributed by atoms with Gasteiger partial charge < -0.3 is 19.2 Å². The molecule has 2 aromatic rings. The Morgan fingerprint density at radius 1 is 1.28 bits per heavy atom. The zero-order valence-corrected chi connectivity index (χ0v) is 14.1. The first kappa shape index (κ1) is 17.1. The SMILES string of the molecule is COc1cccc(COc2coc(C(=O)NC3CCCC3)cc2=O)c1. The number of nitrogens with one attached hydrogen (secondary N) is 1. The monoisotopic (exact) mass is 343 g/mol. The number of methoxy groups -OCH3 is 1. The minimum absolute atomic E-state index is 0.00521. The average molecular weight is 343 g/mol. The van der Waals surface area contributed by atoms with Crippen molar-refractivity contribution in [2.75, 3.05) is 7.11 Å². The van der Waals surface area contributed by atoms with Crippen molar-refractivity contribution in [3.8, 4) is 11.5 Å². The number of hydrogen-bond acceptors (Lipinski definition) is 5. The molecule has 1 aromatic carbocycles. The highest BCUT2D eigenvalue weighted by molar-refractivity contribution is 5.91. The quantitative estimate of drug-likeness (QED) is 0.872. The molecule has 1 aromatic heterocycles. The van der Waals surface area contributed by atoms with Crippen molar-refractivity contribution in [1.82, 2.24) is 5.32 Å². The summed E-state index contributed by atoms with van der Waals surface area (Å²) < 4.78 is 15.9. The van der Waals surface area contributed by atoms with Crippen LogP contribution >= 0.6 is 0 Å². The normalized spacial score (nSPS) is 14.3. The summed E-state index contributed by atoms with van der Waals surface area (Å²) in [4.78, 5) is 24.3. The van der Waals surface area contributed by atoms with E-state index in [-0.39, 0.29) is 35.5 Å². The highest BCUT2D eigenvalue weighted by Crippen LogP contribution is 2.18. The van der Waals surface area contributed by atoms with Crippen LogP contribution in [0.15, 0.2) is 45.8 Å². The van der Waals surface area contributed by atoms with E-state index in [4.69, 9.17) is 13.9 Å². The lowest BCUT2D eigenvalue weighted by atomic mass is 10.2. The van der Waals surface area contributed by atoms with Crippen LogP contribution < -0.4 is 20.2 Å². The van der Waals surface area contributed by atoms with Crippen molar-refractivity contribution in [3.63, 3.8) is 0 Å². The summed E-state index contributed by atoms with van der Waals surface area (Å²) in [5.41, 5.74) is 0.479. The van der Waals surface area contributed by atoms with E-state index in [0.29, 0.717) is 5.75 Å². The Hall–Kier alpha value is -2.76. The second-order valence-electron chi connectivity index (χ2n) is 6.07. The molecule has 0 aliphatic heterocycles. The number of ether oxygens (including phenoxy) is 2. The maximum Gasteiger partial charge on any atom is 0.287 e. The molecule has 132 valence electrons. The van der Waals surface area contributed by atoms with Crippen molar-refractivity contribution in [2.45, 2.75) is 38.3 Å². The molecular formula is C19H21NO5. The van der Waals surface area contributed by atoms with E-state index in [1.807, 2.05) is 24.3 Å². The molecular weight excluding hydrogens is 322 g/mol. The minimum atomic E-state index is -0.384. The average Bonchev–Trinajstić information content (AvgIpc) is 3.13. The zero-order valence-electron chi connectivity index (χ0n) is 14.1. The van der Waals surface area contributed by atoms with E-state index in [1.54, 1.807) is 7.11 Å². The van der Waals surface area contributed by atoms with Crippen molar-refractivity contribution in [1.29, 1.82) is 0 Å². The summed E-state index contributed by atoms with van der Waals surface area (Å²) in [7, 11) is 1.59. The molecule has 6 nitrogen and oxygen atoms in total. The highest BCUT2D eigenvalue weighted by Gasteiger charge is 2.20. The third-order valence-corrected chi connectivity index (χ3v) is 4.24. The predicted octanol–water partition coefficient (Wildman–Crippen LogP) is 2.90. The standard InChI is InChI=1S/C19H21NO5/c1-23-15-8-4-5-13(9-15)11-24-18-12-25-17(10-16(18)21)19(22)20-14-6-2-3-7-14/h4-5,8-10,12,14H,2-3,6-7,11H2,1H3,(H,20,22). The molecule has 0 atom stereocenters. The van der Waals surface area contributed by atoms with Gasteiger partial charge >= 0.3 is 0 Å². The van der Waals surface area contributed by atoms with E-state index in [1.165, 1.54) is 12.3 Å².